The van der Waals surface area contributed by atoms with Gasteiger partial charge in [-0.2, -0.15) is 13.2 Å². The Labute approximate surface area is 217 Å². The molecule has 4 rings (SSSR count). The molecule has 1 aliphatic rings. The SMILES string of the molecule is O=C(Oc1ccc2ccccc2c1)C1OC1c1ccccc1CCCCCCCCCCCC(F)(F)F. The summed E-state index contributed by atoms with van der Waals surface area (Å²) in [6.45, 7) is 0. The van der Waals surface area contributed by atoms with Gasteiger partial charge in [0.2, 0.25) is 0 Å². The number of hydrogen-bond acceptors (Lipinski definition) is 3. The Bertz CT molecular complexity index is 1160. The molecule has 3 aromatic carbocycles. The van der Waals surface area contributed by atoms with Gasteiger partial charge in [0.15, 0.2) is 6.10 Å². The lowest BCUT2D eigenvalue weighted by molar-refractivity contribution is -0.136. The maximum atomic E-state index is 12.7. The molecule has 2 unspecified atom stereocenters. The average molecular weight is 513 g/mol. The number of fused-ring (bicyclic) bond motifs is 1. The van der Waals surface area contributed by atoms with Crippen LogP contribution in [0.4, 0.5) is 13.2 Å². The zero-order valence-electron chi connectivity index (χ0n) is 21.1. The summed E-state index contributed by atoms with van der Waals surface area (Å²) >= 11 is 0. The Balaban J connectivity index is 1.14. The van der Waals surface area contributed by atoms with Crippen molar-refractivity contribution in [3.05, 3.63) is 77.9 Å². The van der Waals surface area contributed by atoms with Crippen LogP contribution >= 0.6 is 0 Å². The number of unbranched alkanes of at least 4 members (excludes halogenated alkanes) is 8. The molecule has 6 heteroatoms. The van der Waals surface area contributed by atoms with Gasteiger partial charge in [-0.05, 0) is 53.3 Å². The van der Waals surface area contributed by atoms with Crippen molar-refractivity contribution in [3.8, 4) is 5.75 Å². The molecule has 0 spiro atoms. The van der Waals surface area contributed by atoms with E-state index >= 15 is 0 Å². The first-order valence-electron chi connectivity index (χ1n) is 13.4. The minimum Gasteiger partial charge on any atom is -0.425 e. The number of ether oxygens (including phenoxy) is 2. The second-order valence-electron chi connectivity index (χ2n) is 9.90. The van der Waals surface area contributed by atoms with E-state index in [0.717, 1.165) is 67.7 Å². The number of carbonyl (C=O) groups excluding carboxylic acids is 1. The Kier molecular flexibility index (Phi) is 9.62. The zero-order valence-corrected chi connectivity index (χ0v) is 21.1. The maximum Gasteiger partial charge on any atom is 0.389 e. The lowest BCUT2D eigenvalue weighted by Crippen LogP contribution is -2.15. The van der Waals surface area contributed by atoms with Crippen LogP contribution in [0.25, 0.3) is 10.8 Å². The van der Waals surface area contributed by atoms with Crippen molar-refractivity contribution in [1.29, 1.82) is 0 Å². The van der Waals surface area contributed by atoms with E-state index in [0.29, 0.717) is 12.2 Å². The molecule has 1 aliphatic heterocycles. The molecular weight excluding hydrogens is 477 g/mol. The maximum absolute atomic E-state index is 12.7. The van der Waals surface area contributed by atoms with Crippen LogP contribution in [0.15, 0.2) is 66.7 Å². The molecule has 198 valence electrons. The summed E-state index contributed by atoms with van der Waals surface area (Å²) in [6.07, 6.45) is 3.71. The van der Waals surface area contributed by atoms with Gasteiger partial charge in [-0.1, -0.05) is 99.5 Å². The monoisotopic (exact) mass is 512 g/mol. The molecule has 2 atom stereocenters. The van der Waals surface area contributed by atoms with Crippen molar-refractivity contribution in [2.75, 3.05) is 0 Å². The highest BCUT2D eigenvalue weighted by Gasteiger charge is 2.48. The van der Waals surface area contributed by atoms with E-state index < -0.39 is 18.7 Å². The van der Waals surface area contributed by atoms with Gasteiger partial charge in [-0.15, -0.1) is 0 Å². The quantitative estimate of drug-likeness (QED) is 0.0937. The highest BCUT2D eigenvalue weighted by atomic mass is 19.4. The van der Waals surface area contributed by atoms with Crippen molar-refractivity contribution in [2.24, 2.45) is 0 Å². The Hall–Kier alpha value is -2.86. The van der Waals surface area contributed by atoms with Gasteiger partial charge in [-0.25, -0.2) is 4.79 Å². The molecule has 1 fully saturated rings. The predicted molar refractivity (Wildman–Crippen MR) is 140 cm³/mol. The summed E-state index contributed by atoms with van der Waals surface area (Å²) < 4.78 is 47.8. The predicted octanol–water partition coefficient (Wildman–Crippen LogP) is 8.89. The molecule has 3 aromatic rings. The number of carbonyl (C=O) groups is 1. The summed E-state index contributed by atoms with van der Waals surface area (Å²) in [5, 5.41) is 2.11. The minimum atomic E-state index is -4.02. The number of esters is 1. The van der Waals surface area contributed by atoms with Gasteiger partial charge in [0.05, 0.1) is 0 Å². The van der Waals surface area contributed by atoms with Crippen molar-refractivity contribution >= 4 is 16.7 Å². The average Bonchev–Trinajstić information content (AvgIpc) is 3.68. The number of hydrogen-bond donors (Lipinski definition) is 0. The third-order valence-electron chi connectivity index (χ3n) is 6.93. The molecule has 0 saturated carbocycles. The lowest BCUT2D eigenvalue weighted by atomic mass is 9.97. The number of rotatable bonds is 14. The first-order chi connectivity index (χ1) is 17.9. The van der Waals surface area contributed by atoms with Crippen LogP contribution in [-0.4, -0.2) is 18.2 Å². The molecule has 37 heavy (non-hydrogen) atoms. The fourth-order valence-electron chi connectivity index (χ4n) is 4.85. The van der Waals surface area contributed by atoms with Crippen LogP contribution in [0.3, 0.4) is 0 Å². The molecule has 0 N–H and O–H groups in total. The lowest BCUT2D eigenvalue weighted by Gasteiger charge is -2.08. The Morgan fingerprint density at radius 1 is 0.757 bits per heavy atom. The van der Waals surface area contributed by atoms with Gasteiger partial charge < -0.3 is 9.47 Å². The normalized spacial score (nSPS) is 17.2. The van der Waals surface area contributed by atoms with Crippen LogP contribution in [0.2, 0.25) is 0 Å². The minimum absolute atomic E-state index is 0.246. The fourth-order valence-corrected chi connectivity index (χ4v) is 4.85. The van der Waals surface area contributed by atoms with Crippen LogP contribution in [0.1, 0.15) is 81.4 Å². The third kappa shape index (κ3) is 8.60. The molecular formula is C31H35F3O3. The van der Waals surface area contributed by atoms with E-state index in [-0.39, 0.29) is 18.5 Å². The van der Waals surface area contributed by atoms with Crippen molar-refractivity contribution in [2.45, 2.75) is 89.0 Å². The molecule has 3 nitrogen and oxygen atoms in total. The van der Waals surface area contributed by atoms with Gasteiger partial charge >= 0.3 is 12.1 Å². The molecule has 0 aliphatic carbocycles. The van der Waals surface area contributed by atoms with E-state index in [4.69, 9.17) is 9.47 Å². The largest absolute Gasteiger partial charge is 0.425 e. The topological polar surface area (TPSA) is 38.8 Å². The van der Waals surface area contributed by atoms with E-state index in [1.807, 2.05) is 54.6 Å². The summed E-state index contributed by atoms with van der Waals surface area (Å²) in [5.41, 5.74) is 2.26. The smallest absolute Gasteiger partial charge is 0.389 e. The fraction of sp³-hybridized carbons (Fsp3) is 0.452. The third-order valence-corrected chi connectivity index (χ3v) is 6.93. The molecule has 0 bridgehead atoms. The van der Waals surface area contributed by atoms with Gasteiger partial charge in [-0.3, -0.25) is 0 Å². The standard InChI is InChI=1S/C31H35F3O3/c32-31(33,34)21-13-7-5-3-1-2-4-6-8-15-24-16-11-12-18-27(24)28-29(37-28)30(35)36-26-20-19-23-14-9-10-17-25(23)22-26/h9-12,14,16-20,22,28-29H,1-8,13,15,21H2. The van der Waals surface area contributed by atoms with Crippen LogP contribution in [-0.2, 0) is 16.0 Å². The molecule has 1 saturated heterocycles. The van der Waals surface area contributed by atoms with Gasteiger partial charge in [0.1, 0.15) is 11.9 Å². The number of benzene rings is 3. The Morgan fingerprint density at radius 2 is 1.38 bits per heavy atom. The number of aryl methyl sites for hydroxylation is 1. The summed E-state index contributed by atoms with van der Waals surface area (Å²) in [6, 6.07) is 21.7. The molecule has 0 aromatic heterocycles. The van der Waals surface area contributed by atoms with Crippen molar-refractivity contribution in [3.63, 3.8) is 0 Å². The first kappa shape index (κ1) is 27.2. The molecule has 1 heterocycles. The van der Waals surface area contributed by atoms with E-state index in [9.17, 15) is 18.0 Å². The van der Waals surface area contributed by atoms with Gasteiger partial charge in [0.25, 0.3) is 0 Å². The number of alkyl halides is 3. The highest BCUT2D eigenvalue weighted by Crippen LogP contribution is 2.41. The number of epoxide rings is 1. The van der Waals surface area contributed by atoms with Gasteiger partial charge in [0, 0.05) is 6.42 Å². The zero-order chi connectivity index (χ0) is 26.1. The first-order valence-corrected chi connectivity index (χ1v) is 13.4. The highest BCUT2D eigenvalue weighted by molar-refractivity contribution is 5.86. The summed E-state index contributed by atoms with van der Waals surface area (Å²) in [7, 11) is 0. The van der Waals surface area contributed by atoms with Crippen LogP contribution < -0.4 is 4.74 Å². The summed E-state index contributed by atoms with van der Waals surface area (Å²) in [5.74, 6) is 0.154. The molecule has 0 amide bonds. The van der Waals surface area contributed by atoms with Crippen molar-refractivity contribution < 1.29 is 27.4 Å². The van der Waals surface area contributed by atoms with E-state index in [2.05, 4.69) is 6.07 Å². The second kappa shape index (κ2) is 13.1. The second-order valence-corrected chi connectivity index (χ2v) is 9.90. The summed E-state index contributed by atoms with van der Waals surface area (Å²) in [4.78, 5) is 12.7. The van der Waals surface area contributed by atoms with E-state index in [1.54, 1.807) is 6.07 Å². The van der Waals surface area contributed by atoms with Crippen LogP contribution in [0.5, 0.6) is 5.75 Å². The van der Waals surface area contributed by atoms with Crippen molar-refractivity contribution in [1.82, 2.24) is 0 Å². The Morgan fingerprint density at radius 3 is 2.11 bits per heavy atom. The van der Waals surface area contributed by atoms with Crippen LogP contribution in [0, 0.1) is 0 Å². The molecule has 0 radical (unpaired) electrons. The number of halogens is 3. The van der Waals surface area contributed by atoms with E-state index in [1.165, 1.54) is 5.56 Å².